The molecule has 4 aromatic rings. The second-order valence-corrected chi connectivity index (χ2v) is 11.5. The van der Waals surface area contributed by atoms with Crippen LogP contribution in [0.2, 0.25) is 5.02 Å². The van der Waals surface area contributed by atoms with Crippen LogP contribution in [0.5, 0.6) is 23.0 Å². The molecule has 1 aliphatic carbocycles. The van der Waals surface area contributed by atoms with E-state index < -0.39 is 17.8 Å². The van der Waals surface area contributed by atoms with Crippen molar-refractivity contribution in [3.05, 3.63) is 99.6 Å². The monoisotopic (exact) mass is 659 g/mol. The number of fused-ring (bicyclic) bond motifs is 2. The summed E-state index contributed by atoms with van der Waals surface area (Å²) in [4.78, 5) is 15.7. The van der Waals surface area contributed by atoms with E-state index in [-0.39, 0.29) is 44.6 Å². The maximum absolute atomic E-state index is 15.6. The fraction of sp³-hybridized carbons (Fsp3) is 0.286. The zero-order valence-electron chi connectivity index (χ0n) is 25.2. The van der Waals surface area contributed by atoms with Crippen LogP contribution in [-0.2, 0) is 24.4 Å². The molecule has 0 bridgehead atoms. The number of aliphatic carboxylic acids is 1. The second-order valence-electron chi connectivity index (χ2n) is 11.1. The average Bonchev–Trinajstić information content (AvgIpc) is 3.50. The number of benzene rings is 3. The lowest BCUT2D eigenvalue weighted by Crippen LogP contribution is -2.37. The third kappa shape index (κ3) is 6.95. The quantitative estimate of drug-likeness (QED) is 0.172. The molecule has 2 atom stereocenters. The van der Waals surface area contributed by atoms with Crippen molar-refractivity contribution < 1.29 is 38.3 Å². The number of halogens is 2. The lowest BCUT2D eigenvalue weighted by Gasteiger charge is -2.21. The van der Waals surface area contributed by atoms with Crippen LogP contribution in [0.3, 0.4) is 0 Å². The van der Waals surface area contributed by atoms with Crippen LogP contribution < -0.4 is 24.3 Å². The van der Waals surface area contributed by atoms with Crippen molar-refractivity contribution in [3.63, 3.8) is 0 Å². The smallest absolute Gasteiger partial charge is 0.320 e. The molecule has 0 radical (unpaired) electrons. The van der Waals surface area contributed by atoms with Gasteiger partial charge in [0.25, 0.3) is 0 Å². The number of pyridine rings is 1. The van der Waals surface area contributed by atoms with Crippen LogP contribution in [0.15, 0.2) is 60.9 Å². The van der Waals surface area contributed by atoms with Gasteiger partial charge in [-0.3, -0.25) is 9.78 Å². The van der Waals surface area contributed by atoms with Gasteiger partial charge in [0.1, 0.15) is 49.5 Å². The van der Waals surface area contributed by atoms with Crippen LogP contribution in [0.4, 0.5) is 4.39 Å². The highest BCUT2D eigenvalue weighted by Gasteiger charge is 2.30. The van der Waals surface area contributed by atoms with Gasteiger partial charge < -0.3 is 34.5 Å². The van der Waals surface area contributed by atoms with Crippen molar-refractivity contribution in [1.29, 1.82) is 5.26 Å². The predicted octanol–water partition coefficient (Wildman–Crippen LogP) is 5.75. The standard InChI is InChI=1S/C35H31ClFN3O7/c36-27-13-22(18-40-28(8-9-41)35(42)43)31(46-19-21-12-20(15-38)16-39-17-21)14-32(27)47-29-6-4-24-23(2-1-3-25(24)29)26-5-7-30-34(33(26)37)45-11-10-44-30/h1-3,5,7,12-14,16-17,28-29,40-41H,4,6,8-11,18-19H2,(H,42,43)/t28-,29-/m0/s1. The number of rotatable bonds is 12. The third-order valence-electron chi connectivity index (χ3n) is 8.11. The highest BCUT2D eigenvalue weighted by Crippen LogP contribution is 2.45. The van der Waals surface area contributed by atoms with E-state index in [2.05, 4.69) is 16.4 Å². The lowest BCUT2D eigenvalue weighted by atomic mass is 9.96. The van der Waals surface area contributed by atoms with Crippen molar-refractivity contribution in [3.8, 4) is 40.2 Å². The fourth-order valence-corrected chi connectivity index (χ4v) is 6.07. The summed E-state index contributed by atoms with van der Waals surface area (Å²) in [7, 11) is 0. The van der Waals surface area contributed by atoms with E-state index in [0.29, 0.717) is 64.0 Å². The summed E-state index contributed by atoms with van der Waals surface area (Å²) in [5.74, 6) is -0.312. The van der Waals surface area contributed by atoms with Gasteiger partial charge in [-0.15, -0.1) is 0 Å². The number of carbonyl (C=O) groups is 1. The average molecular weight is 660 g/mol. The van der Waals surface area contributed by atoms with Crippen molar-refractivity contribution in [1.82, 2.24) is 10.3 Å². The first-order chi connectivity index (χ1) is 22.9. The summed E-state index contributed by atoms with van der Waals surface area (Å²) in [6.45, 7) is 0.515. The summed E-state index contributed by atoms with van der Waals surface area (Å²) in [5, 5.41) is 31.3. The molecule has 1 aromatic heterocycles. The van der Waals surface area contributed by atoms with E-state index in [9.17, 15) is 20.3 Å². The molecule has 1 aliphatic heterocycles. The molecule has 242 valence electrons. The Balaban J connectivity index is 1.28. The zero-order valence-corrected chi connectivity index (χ0v) is 25.9. The molecule has 0 saturated heterocycles. The van der Waals surface area contributed by atoms with Gasteiger partial charge in [0.2, 0.25) is 0 Å². The van der Waals surface area contributed by atoms with Gasteiger partial charge in [0.15, 0.2) is 17.3 Å². The van der Waals surface area contributed by atoms with Crippen molar-refractivity contribution in [2.75, 3.05) is 19.8 Å². The minimum Gasteiger partial charge on any atom is -0.488 e. The highest BCUT2D eigenvalue weighted by atomic mass is 35.5. The van der Waals surface area contributed by atoms with E-state index in [4.69, 9.17) is 30.5 Å². The van der Waals surface area contributed by atoms with Gasteiger partial charge in [0.05, 0.1) is 10.6 Å². The molecule has 0 unspecified atom stereocenters. The number of ether oxygens (including phenoxy) is 4. The number of nitrogens with zero attached hydrogens (tertiary/aromatic N) is 2. The number of carboxylic acids is 1. The molecule has 0 amide bonds. The Labute approximate surface area is 275 Å². The van der Waals surface area contributed by atoms with Crippen LogP contribution in [0, 0.1) is 17.1 Å². The summed E-state index contributed by atoms with van der Waals surface area (Å²) in [6.07, 6.45) is 3.96. The number of hydrogen-bond donors (Lipinski definition) is 3. The van der Waals surface area contributed by atoms with Gasteiger partial charge in [-0.2, -0.15) is 5.26 Å². The predicted molar refractivity (Wildman–Crippen MR) is 169 cm³/mol. The molecule has 6 rings (SSSR count). The number of nitriles is 1. The van der Waals surface area contributed by atoms with Crippen LogP contribution in [0.25, 0.3) is 11.1 Å². The third-order valence-corrected chi connectivity index (χ3v) is 8.41. The minimum atomic E-state index is -1.10. The van der Waals surface area contributed by atoms with E-state index in [1.165, 1.54) is 6.20 Å². The van der Waals surface area contributed by atoms with E-state index in [1.807, 2.05) is 18.2 Å². The summed E-state index contributed by atoms with van der Waals surface area (Å²) in [5.41, 5.74) is 4.67. The second kappa shape index (κ2) is 14.3. The van der Waals surface area contributed by atoms with E-state index in [1.54, 1.807) is 36.5 Å². The molecule has 3 N–H and O–H groups in total. The molecule has 2 heterocycles. The SMILES string of the molecule is N#Cc1cncc(COc2cc(O[C@H]3CCc4c(-c5ccc6c(c5F)OCCO6)cccc43)c(Cl)cc2CN[C@@H](CCO)C(=O)O)c1. The topological polar surface area (TPSA) is 143 Å². The van der Waals surface area contributed by atoms with Crippen molar-refractivity contribution in [2.24, 2.45) is 0 Å². The Morgan fingerprint density at radius 1 is 1.15 bits per heavy atom. The van der Waals surface area contributed by atoms with Gasteiger partial charge in [0, 0.05) is 48.3 Å². The minimum absolute atomic E-state index is 0.0201. The first-order valence-electron chi connectivity index (χ1n) is 15.1. The highest BCUT2D eigenvalue weighted by molar-refractivity contribution is 6.32. The molecule has 0 saturated carbocycles. The molecule has 3 aromatic carbocycles. The Hall–Kier alpha value is -4.89. The fourth-order valence-electron chi connectivity index (χ4n) is 5.84. The Bertz CT molecular complexity index is 1850. The molecule has 2 aliphatic rings. The van der Waals surface area contributed by atoms with Gasteiger partial charge >= 0.3 is 5.97 Å². The number of aliphatic hydroxyl groups excluding tert-OH is 1. The molecule has 12 heteroatoms. The number of carboxylic acid groups (broad SMARTS) is 1. The largest absolute Gasteiger partial charge is 0.488 e. The maximum atomic E-state index is 15.6. The number of aliphatic hydroxyl groups is 1. The number of nitrogens with one attached hydrogen (secondary N) is 1. The van der Waals surface area contributed by atoms with Gasteiger partial charge in [-0.05, 0) is 60.2 Å². The first-order valence-corrected chi connectivity index (χ1v) is 15.5. The van der Waals surface area contributed by atoms with E-state index in [0.717, 1.165) is 16.7 Å². The molecule has 0 spiro atoms. The van der Waals surface area contributed by atoms with Crippen molar-refractivity contribution in [2.45, 2.75) is 44.6 Å². The summed E-state index contributed by atoms with van der Waals surface area (Å²) in [6, 6.07) is 15.2. The molecule has 47 heavy (non-hydrogen) atoms. The summed E-state index contributed by atoms with van der Waals surface area (Å²) >= 11 is 6.73. The molecular formula is C35H31ClFN3O7. The normalized spacial score (nSPS) is 15.4. The van der Waals surface area contributed by atoms with Gasteiger partial charge in [-0.25, -0.2) is 4.39 Å². The Morgan fingerprint density at radius 2 is 2.00 bits per heavy atom. The Kier molecular flexibility index (Phi) is 9.73. The molecule has 10 nitrogen and oxygen atoms in total. The van der Waals surface area contributed by atoms with Gasteiger partial charge in [-0.1, -0.05) is 29.8 Å². The van der Waals surface area contributed by atoms with Crippen molar-refractivity contribution >= 4 is 17.6 Å². The molecule has 0 fully saturated rings. The maximum Gasteiger partial charge on any atom is 0.320 e. The number of hydrogen-bond acceptors (Lipinski definition) is 9. The summed E-state index contributed by atoms with van der Waals surface area (Å²) < 4.78 is 39.3. The Morgan fingerprint density at radius 3 is 2.81 bits per heavy atom. The molecular weight excluding hydrogens is 629 g/mol. The van der Waals surface area contributed by atoms with Crippen LogP contribution >= 0.6 is 11.6 Å². The number of aromatic nitrogens is 1. The van der Waals surface area contributed by atoms with Crippen LogP contribution in [-0.4, -0.2) is 47.0 Å². The first kappa shape index (κ1) is 32.1. The zero-order chi connectivity index (χ0) is 32.9. The lowest BCUT2D eigenvalue weighted by molar-refractivity contribution is -0.140. The van der Waals surface area contributed by atoms with E-state index >= 15 is 4.39 Å². The van der Waals surface area contributed by atoms with Crippen LogP contribution in [0.1, 0.15) is 46.8 Å².